The zero-order valence-corrected chi connectivity index (χ0v) is 36.0. The Balaban J connectivity index is 0. The fraction of sp³-hybridized carbons (Fsp3) is 0.667. The van der Waals surface area contributed by atoms with Gasteiger partial charge in [-0.1, -0.05) is 20.3 Å². The number of hydrogen-bond acceptors (Lipinski definition) is 15. The number of hydrogen-bond donors (Lipinski definition) is 15. The van der Waals surface area contributed by atoms with Crippen molar-refractivity contribution >= 4 is 71.2 Å². The quantitative estimate of drug-likeness (QED) is 0.0301. The first-order chi connectivity index (χ1) is 30.5. The highest BCUT2D eigenvalue weighted by Gasteiger charge is 2.38. The molecule has 0 fully saturated rings. The van der Waals surface area contributed by atoms with Crippen LogP contribution < -0.4 is 48.7 Å². The summed E-state index contributed by atoms with van der Waals surface area (Å²) in [6.45, 7) is 3.10. The highest BCUT2D eigenvalue weighted by Crippen LogP contribution is 2.13. The van der Waals surface area contributed by atoms with E-state index in [1.165, 1.54) is 6.92 Å². The Kier molecular flexibility index (Phi) is 29.1. The first kappa shape index (κ1) is 61.4. The summed E-state index contributed by atoms with van der Waals surface area (Å²) in [5.41, 5.74) is 11.2. The average Bonchev–Trinajstić information content (AvgIpc) is 3.20. The van der Waals surface area contributed by atoms with Gasteiger partial charge in [0.25, 0.3) is 0 Å². The molecular weight excluding hydrogens is 903 g/mol. The molecule has 0 bridgehead atoms. The molecule has 0 unspecified atom stereocenters. The third-order valence-electron chi connectivity index (χ3n) is 8.45. The van der Waals surface area contributed by atoms with E-state index in [4.69, 9.17) is 26.5 Å². The van der Waals surface area contributed by atoms with E-state index in [1.54, 1.807) is 13.8 Å². The van der Waals surface area contributed by atoms with Crippen LogP contribution >= 0.6 is 0 Å². The van der Waals surface area contributed by atoms with Gasteiger partial charge in [-0.2, -0.15) is 13.2 Å². The van der Waals surface area contributed by atoms with Gasteiger partial charge in [-0.15, -0.1) is 0 Å². The number of nitrogens with two attached hydrogens (primary N) is 2. The summed E-state index contributed by atoms with van der Waals surface area (Å²) in [7, 11) is 0. The molecule has 0 radical (unpaired) electrons. The number of unbranched alkanes of at least 4 members (excludes halogenated alkanes) is 1. The zero-order valence-electron chi connectivity index (χ0n) is 36.0. The van der Waals surface area contributed by atoms with Crippen LogP contribution in [0.1, 0.15) is 78.6 Å². The standard InChI is InChI=1S/C34H57N9O16.C2HF3O2/c1-16(2)12-21(31(55)38-17(3)34(58)59)42-33(57)23(15-44)43-30(54)20(8-10-26(48)49)40-29(53)19(7-9-25(46)47)41-32(56)22(13-27(50)51)39-24(45)14-37-28(52)18(36)6-4-5-11-35;3-2(4,5)1(6)7/h16-23,44H,4-15,35-36H2,1-3H3,(H,37,52)(H,38,55)(H,39,45)(H,40,53)(H,41,56)(H,42,57)(H,43,54)(H,46,47)(H,48,49)(H,50,51)(H,58,59);(H,6,7)/t17-,18-,19-,20-,21-,22-,23-;/m0./s1. The highest BCUT2D eigenvalue weighted by atomic mass is 19.4. The number of aliphatic hydroxyl groups is 1. The van der Waals surface area contributed by atoms with E-state index in [0.29, 0.717) is 19.4 Å². The van der Waals surface area contributed by atoms with Crippen molar-refractivity contribution in [3.63, 3.8) is 0 Å². The fourth-order valence-electron chi connectivity index (χ4n) is 5.00. The molecule has 66 heavy (non-hydrogen) atoms. The molecule has 0 aliphatic heterocycles. The van der Waals surface area contributed by atoms with Crippen LogP contribution in [-0.4, -0.2) is 170 Å². The maximum Gasteiger partial charge on any atom is 0.490 e. The molecule has 0 aromatic heterocycles. The lowest BCUT2D eigenvalue weighted by Gasteiger charge is -2.27. The fourth-order valence-corrected chi connectivity index (χ4v) is 5.00. The third kappa shape index (κ3) is 27.5. The van der Waals surface area contributed by atoms with Gasteiger partial charge in [-0.3, -0.25) is 52.7 Å². The molecule has 0 aromatic carbocycles. The number of aliphatic hydroxyl groups excluding tert-OH is 1. The van der Waals surface area contributed by atoms with E-state index in [2.05, 4.69) is 37.2 Å². The first-order valence-electron chi connectivity index (χ1n) is 19.8. The second kappa shape index (κ2) is 31.2. The molecule has 0 heterocycles. The van der Waals surface area contributed by atoms with E-state index in [9.17, 15) is 86.3 Å². The van der Waals surface area contributed by atoms with Gasteiger partial charge in [-0.05, 0) is 51.5 Å². The van der Waals surface area contributed by atoms with E-state index >= 15 is 0 Å². The summed E-state index contributed by atoms with van der Waals surface area (Å²) < 4.78 is 31.7. The summed E-state index contributed by atoms with van der Waals surface area (Å²) in [6.07, 6.45) is -7.63. The van der Waals surface area contributed by atoms with Gasteiger partial charge in [-0.25, -0.2) is 4.79 Å². The molecular formula is C36H58F3N9O18. The van der Waals surface area contributed by atoms with E-state index < -0.39 is 165 Å². The van der Waals surface area contributed by atoms with E-state index in [0.717, 1.165) is 0 Å². The lowest BCUT2D eigenvalue weighted by Crippen LogP contribution is -2.60. The first-order valence-corrected chi connectivity index (χ1v) is 19.8. The smallest absolute Gasteiger partial charge is 0.481 e. The maximum absolute atomic E-state index is 13.5. The highest BCUT2D eigenvalue weighted by molar-refractivity contribution is 5.98. The van der Waals surface area contributed by atoms with Crippen LogP contribution in [0.25, 0.3) is 0 Å². The van der Waals surface area contributed by atoms with E-state index in [-0.39, 0.29) is 18.8 Å². The minimum Gasteiger partial charge on any atom is -0.481 e. The van der Waals surface area contributed by atoms with Gasteiger partial charge in [0.05, 0.1) is 25.6 Å². The normalized spacial score (nSPS) is 14.1. The minimum atomic E-state index is -5.08. The number of amides is 7. The number of carboxylic acids is 5. The summed E-state index contributed by atoms with van der Waals surface area (Å²) in [6, 6.07) is -11.0. The number of nitrogens with one attached hydrogen (secondary N) is 7. The second-order valence-electron chi connectivity index (χ2n) is 14.6. The van der Waals surface area contributed by atoms with Crippen molar-refractivity contribution in [1.29, 1.82) is 0 Å². The predicted octanol–water partition coefficient (Wildman–Crippen LogP) is -4.55. The van der Waals surface area contributed by atoms with Crippen LogP contribution in [0.3, 0.4) is 0 Å². The van der Waals surface area contributed by atoms with Crippen LogP contribution in [-0.2, 0) is 57.5 Å². The van der Waals surface area contributed by atoms with Crippen molar-refractivity contribution in [1.82, 2.24) is 37.2 Å². The molecule has 27 nitrogen and oxygen atoms in total. The molecule has 0 saturated carbocycles. The Bertz CT molecular complexity index is 1720. The molecule has 376 valence electrons. The Morgan fingerprint density at radius 1 is 0.561 bits per heavy atom. The molecule has 7 atom stereocenters. The predicted molar refractivity (Wildman–Crippen MR) is 215 cm³/mol. The maximum atomic E-state index is 13.5. The molecule has 0 aromatic rings. The average molecular weight is 962 g/mol. The number of rotatable bonds is 30. The SMILES string of the molecule is CC(C)C[C@H](NC(=O)[C@H](CO)NC(=O)[C@H](CCC(=O)O)NC(=O)[C@H](CCC(=O)O)NC(=O)[C@H](CC(=O)O)NC(=O)CNC(=O)[C@@H](N)CCCCN)C(=O)N[C@@H](C)C(=O)O.O=C(O)C(F)(F)F. The van der Waals surface area contributed by atoms with Crippen LogP contribution in [0.15, 0.2) is 0 Å². The van der Waals surface area contributed by atoms with Crippen LogP contribution in [0.2, 0.25) is 0 Å². The number of halogens is 3. The summed E-state index contributed by atoms with van der Waals surface area (Å²) >= 11 is 0. The summed E-state index contributed by atoms with van der Waals surface area (Å²) in [4.78, 5) is 145. The molecule has 0 aliphatic carbocycles. The van der Waals surface area contributed by atoms with Crippen molar-refractivity contribution in [2.24, 2.45) is 17.4 Å². The van der Waals surface area contributed by atoms with E-state index in [1.807, 2.05) is 0 Å². The minimum absolute atomic E-state index is 0.00497. The molecule has 0 spiro atoms. The summed E-state index contributed by atoms with van der Waals surface area (Å²) in [5.74, 6) is -16.5. The van der Waals surface area contributed by atoms with Crippen molar-refractivity contribution in [3.8, 4) is 0 Å². The number of carbonyl (C=O) groups is 12. The van der Waals surface area contributed by atoms with Gasteiger partial charge in [0.2, 0.25) is 41.4 Å². The van der Waals surface area contributed by atoms with Crippen molar-refractivity contribution in [2.45, 2.75) is 127 Å². The number of alkyl halides is 3. The van der Waals surface area contributed by atoms with Gasteiger partial charge in [0, 0.05) is 12.8 Å². The molecule has 0 saturated heterocycles. The monoisotopic (exact) mass is 961 g/mol. The Morgan fingerprint density at radius 2 is 0.985 bits per heavy atom. The molecule has 30 heteroatoms. The Morgan fingerprint density at radius 3 is 1.38 bits per heavy atom. The number of carboxylic acid groups (broad SMARTS) is 5. The molecule has 17 N–H and O–H groups in total. The molecule has 0 rings (SSSR count). The van der Waals surface area contributed by atoms with Gasteiger partial charge < -0.3 is 79.3 Å². The lowest BCUT2D eigenvalue weighted by molar-refractivity contribution is -0.192. The van der Waals surface area contributed by atoms with Crippen molar-refractivity contribution in [2.75, 3.05) is 19.7 Å². The largest absolute Gasteiger partial charge is 0.490 e. The van der Waals surface area contributed by atoms with Crippen LogP contribution in [0, 0.1) is 5.92 Å². The number of carbonyl (C=O) groups excluding carboxylic acids is 7. The third-order valence-corrected chi connectivity index (χ3v) is 8.45. The van der Waals surface area contributed by atoms with Gasteiger partial charge >= 0.3 is 36.0 Å². The van der Waals surface area contributed by atoms with Gasteiger partial charge in [0.15, 0.2) is 0 Å². The topological polar surface area (TPSA) is 462 Å². The summed E-state index contributed by atoms with van der Waals surface area (Å²) in [5, 5.41) is 69.3. The Labute approximate surface area is 373 Å². The zero-order chi connectivity index (χ0) is 51.5. The van der Waals surface area contributed by atoms with Gasteiger partial charge in [0.1, 0.15) is 36.3 Å². The van der Waals surface area contributed by atoms with Crippen LogP contribution in [0.5, 0.6) is 0 Å². The molecule has 7 amide bonds. The number of aliphatic carboxylic acids is 5. The lowest BCUT2D eigenvalue weighted by atomic mass is 10.0. The van der Waals surface area contributed by atoms with Crippen molar-refractivity contribution in [3.05, 3.63) is 0 Å². The van der Waals surface area contributed by atoms with Crippen LogP contribution in [0.4, 0.5) is 13.2 Å². The Hall–Kier alpha value is -6.69. The van der Waals surface area contributed by atoms with Crippen molar-refractivity contribution < 1.29 is 101 Å². The second-order valence-corrected chi connectivity index (χ2v) is 14.6. The molecule has 0 aliphatic rings.